The number of ether oxygens (including phenoxy) is 1. The van der Waals surface area contributed by atoms with E-state index in [1.807, 2.05) is 24.3 Å². The molecule has 0 N–H and O–H groups in total. The summed E-state index contributed by atoms with van der Waals surface area (Å²) in [5.74, 6) is 0.650. The van der Waals surface area contributed by atoms with Gasteiger partial charge in [0.15, 0.2) is 6.10 Å². The first kappa shape index (κ1) is 10.7. The smallest absolute Gasteiger partial charge is 0.216 e. The van der Waals surface area contributed by atoms with Crippen molar-refractivity contribution in [3.05, 3.63) is 45.9 Å². The molecule has 0 saturated heterocycles. The molecule has 0 saturated carbocycles. The van der Waals surface area contributed by atoms with Gasteiger partial charge in [-0.2, -0.15) is 0 Å². The van der Waals surface area contributed by atoms with E-state index >= 15 is 0 Å². The van der Waals surface area contributed by atoms with E-state index in [4.69, 9.17) is 16.3 Å². The zero-order chi connectivity index (χ0) is 10.8. The molecule has 0 spiro atoms. The van der Waals surface area contributed by atoms with Crippen LogP contribution in [0.1, 0.15) is 5.56 Å². The van der Waals surface area contributed by atoms with Gasteiger partial charge < -0.3 is 4.74 Å². The Morgan fingerprint density at radius 3 is 2.67 bits per heavy atom. The van der Waals surface area contributed by atoms with E-state index in [9.17, 15) is 0 Å². The maximum Gasteiger partial charge on any atom is 0.216 e. The monoisotopic (exact) mass is 285 g/mol. The number of benzene rings is 1. The summed E-state index contributed by atoms with van der Waals surface area (Å²) in [6.45, 7) is 4.39. The van der Waals surface area contributed by atoms with Crippen LogP contribution in [-0.2, 0) is 4.74 Å². The van der Waals surface area contributed by atoms with Gasteiger partial charge in [0.2, 0.25) is 5.90 Å². The van der Waals surface area contributed by atoms with Crippen LogP contribution in [0, 0.1) is 0 Å². The Labute approximate surface area is 102 Å². The molecular formula is C11H9BrClNO. The van der Waals surface area contributed by atoms with Gasteiger partial charge in [-0.05, 0) is 24.3 Å². The standard InChI is InChI=1S/C11H9BrClNO/c1-7(12)10-6-14-11(15-10)8-2-4-9(13)5-3-8/h2-5,10H,1,6H2/t10-/m1/s1. The minimum Gasteiger partial charge on any atom is -0.467 e. The van der Waals surface area contributed by atoms with Crippen LogP contribution in [0.3, 0.4) is 0 Å². The predicted molar refractivity (Wildman–Crippen MR) is 65.8 cm³/mol. The van der Waals surface area contributed by atoms with Crippen LogP contribution in [-0.4, -0.2) is 18.5 Å². The second kappa shape index (κ2) is 4.37. The number of halogens is 2. The third-order valence-corrected chi connectivity index (χ3v) is 2.86. The van der Waals surface area contributed by atoms with Gasteiger partial charge in [0.1, 0.15) is 0 Å². The fourth-order valence-corrected chi connectivity index (χ4v) is 1.65. The Hall–Kier alpha value is -0.800. The fraction of sp³-hybridized carbons (Fsp3) is 0.182. The first-order chi connectivity index (χ1) is 7.16. The molecule has 78 valence electrons. The second-order valence-corrected chi connectivity index (χ2v) is 4.66. The van der Waals surface area contributed by atoms with Crippen molar-refractivity contribution in [3.8, 4) is 0 Å². The highest BCUT2D eigenvalue weighted by atomic mass is 79.9. The van der Waals surface area contributed by atoms with E-state index in [2.05, 4.69) is 27.5 Å². The quantitative estimate of drug-likeness (QED) is 0.816. The Kier molecular flexibility index (Phi) is 3.12. The molecule has 1 aliphatic rings. The number of aliphatic imine (C=N–C) groups is 1. The van der Waals surface area contributed by atoms with Crippen molar-refractivity contribution < 1.29 is 4.74 Å². The molecular weight excluding hydrogens is 277 g/mol. The summed E-state index contributed by atoms with van der Waals surface area (Å²) >= 11 is 9.09. The van der Waals surface area contributed by atoms with Gasteiger partial charge in [0, 0.05) is 15.1 Å². The van der Waals surface area contributed by atoms with Crippen LogP contribution in [0.15, 0.2) is 40.3 Å². The normalized spacial score (nSPS) is 19.6. The molecule has 2 rings (SSSR count). The molecule has 1 aromatic rings. The minimum atomic E-state index is -0.0596. The molecule has 1 aromatic carbocycles. The van der Waals surface area contributed by atoms with Gasteiger partial charge in [0.25, 0.3) is 0 Å². The summed E-state index contributed by atoms with van der Waals surface area (Å²) in [6, 6.07) is 7.42. The SMILES string of the molecule is C=C(Br)[C@H]1CN=C(c2ccc(Cl)cc2)O1. The first-order valence-corrected chi connectivity index (χ1v) is 5.65. The molecule has 0 radical (unpaired) electrons. The highest BCUT2D eigenvalue weighted by Crippen LogP contribution is 2.21. The van der Waals surface area contributed by atoms with Crippen LogP contribution in [0.5, 0.6) is 0 Å². The topological polar surface area (TPSA) is 21.6 Å². The van der Waals surface area contributed by atoms with E-state index < -0.39 is 0 Å². The molecule has 1 aliphatic heterocycles. The van der Waals surface area contributed by atoms with E-state index in [1.165, 1.54) is 0 Å². The molecule has 4 heteroatoms. The van der Waals surface area contributed by atoms with Crippen molar-refractivity contribution in [2.75, 3.05) is 6.54 Å². The summed E-state index contributed by atoms with van der Waals surface area (Å²) in [4.78, 5) is 4.30. The highest BCUT2D eigenvalue weighted by Gasteiger charge is 2.21. The Balaban J connectivity index is 2.14. The Morgan fingerprint density at radius 2 is 2.13 bits per heavy atom. The van der Waals surface area contributed by atoms with Crippen molar-refractivity contribution in [1.82, 2.24) is 0 Å². The molecule has 1 heterocycles. The molecule has 0 bridgehead atoms. The maximum atomic E-state index is 5.80. The van der Waals surface area contributed by atoms with E-state index in [1.54, 1.807) is 0 Å². The summed E-state index contributed by atoms with van der Waals surface area (Å²) in [7, 11) is 0. The summed E-state index contributed by atoms with van der Waals surface area (Å²) < 4.78 is 6.42. The fourth-order valence-electron chi connectivity index (χ4n) is 1.29. The lowest BCUT2D eigenvalue weighted by Crippen LogP contribution is -2.12. The van der Waals surface area contributed by atoms with E-state index in [-0.39, 0.29) is 6.10 Å². The van der Waals surface area contributed by atoms with Crippen molar-refractivity contribution >= 4 is 33.4 Å². The molecule has 15 heavy (non-hydrogen) atoms. The van der Waals surface area contributed by atoms with Crippen LogP contribution >= 0.6 is 27.5 Å². The van der Waals surface area contributed by atoms with Gasteiger partial charge in [-0.1, -0.05) is 34.1 Å². The van der Waals surface area contributed by atoms with Crippen molar-refractivity contribution in [1.29, 1.82) is 0 Å². The number of rotatable bonds is 2. The summed E-state index contributed by atoms with van der Waals surface area (Å²) in [6.07, 6.45) is -0.0596. The minimum absolute atomic E-state index is 0.0596. The second-order valence-electron chi connectivity index (χ2n) is 3.21. The lowest BCUT2D eigenvalue weighted by atomic mass is 10.2. The third kappa shape index (κ3) is 2.41. The van der Waals surface area contributed by atoms with Crippen molar-refractivity contribution in [2.45, 2.75) is 6.10 Å². The zero-order valence-corrected chi connectivity index (χ0v) is 10.3. The lowest BCUT2D eigenvalue weighted by molar-refractivity contribution is 0.272. The van der Waals surface area contributed by atoms with Gasteiger partial charge >= 0.3 is 0 Å². The molecule has 2 nitrogen and oxygen atoms in total. The molecule has 1 atom stereocenters. The van der Waals surface area contributed by atoms with E-state index in [0.717, 1.165) is 10.0 Å². The summed E-state index contributed by atoms with van der Waals surface area (Å²) in [5.41, 5.74) is 0.940. The number of hydrogen-bond donors (Lipinski definition) is 0. The largest absolute Gasteiger partial charge is 0.467 e. The average Bonchev–Trinajstić information content (AvgIpc) is 2.68. The third-order valence-electron chi connectivity index (χ3n) is 2.10. The first-order valence-electron chi connectivity index (χ1n) is 4.48. The maximum absolute atomic E-state index is 5.80. The van der Waals surface area contributed by atoms with Crippen molar-refractivity contribution in [2.24, 2.45) is 4.99 Å². The van der Waals surface area contributed by atoms with Gasteiger partial charge in [-0.3, -0.25) is 0 Å². The predicted octanol–water partition coefficient (Wildman–Crippen LogP) is 3.39. The lowest BCUT2D eigenvalue weighted by Gasteiger charge is -2.09. The molecule has 0 fully saturated rings. The van der Waals surface area contributed by atoms with Gasteiger partial charge in [-0.15, -0.1) is 0 Å². The summed E-state index contributed by atoms with van der Waals surface area (Å²) in [5, 5.41) is 0.707. The Bertz CT molecular complexity index is 413. The number of hydrogen-bond acceptors (Lipinski definition) is 2. The zero-order valence-electron chi connectivity index (χ0n) is 7.91. The number of nitrogens with zero attached hydrogens (tertiary/aromatic N) is 1. The van der Waals surface area contributed by atoms with Crippen LogP contribution in [0.25, 0.3) is 0 Å². The van der Waals surface area contributed by atoms with Crippen molar-refractivity contribution in [3.63, 3.8) is 0 Å². The Morgan fingerprint density at radius 1 is 1.47 bits per heavy atom. The van der Waals surface area contributed by atoms with Gasteiger partial charge in [0.05, 0.1) is 6.54 Å². The van der Waals surface area contributed by atoms with Gasteiger partial charge in [-0.25, -0.2) is 4.99 Å². The molecule has 0 unspecified atom stereocenters. The average molecular weight is 287 g/mol. The molecule has 0 amide bonds. The van der Waals surface area contributed by atoms with E-state index in [0.29, 0.717) is 17.5 Å². The van der Waals surface area contributed by atoms with Crippen LogP contribution in [0.4, 0.5) is 0 Å². The molecule has 0 aromatic heterocycles. The van der Waals surface area contributed by atoms with Crippen LogP contribution < -0.4 is 0 Å². The molecule has 0 aliphatic carbocycles. The van der Waals surface area contributed by atoms with Crippen LogP contribution in [0.2, 0.25) is 5.02 Å². The highest BCUT2D eigenvalue weighted by molar-refractivity contribution is 9.11.